The van der Waals surface area contributed by atoms with E-state index in [0.29, 0.717) is 5.82 Å². The van der Waals surface area contributed by atoms with E-state index in [4.69, 9.17) is 5.73 Å². The Balaban J connectivity index is 2.71. The number of imidazole rings is 1. The molecular formula is C6H10N6. The average molecular weight is 166 g/mol. The molecule has 6 heteroatoms. The molecule has 2 aromatic rings. The molecule has 0 spiro atoms. The monoisotopic (exact) mass is 166 g/mol. The maximum absolute atomic E-state index is 5.62. The van der Waals surface area contributed by atoms with Crippen LogP contribution in [0.1, 0.15) is 0 Å². The molecule has 0 radical (unpaired) electrons. The Morgan fingerprint density at radius 2 is 2.25 bits per heavy atom. The molecule has 0 aliphatic rings. The zero-order valence-corrected chi connectivity index (χ0v) is 6.97. The van der Waals surface area contributed by atoms with E-state index >= 15 is 0 Å². The predicted octanol–water partition coefficient (Wildman–Crippen LogP) is -0.689. The molecule has 0 saturated carbocycles. The summed E-state index contributed by atoms with van der Waals surface area (Å²) < 4.78 is 1.72. The van der Waals surface area contributed by atoms with Crippen molar-refractivity contribution in [2.45, 2.75) is 0 Å². The average Bonchev–Trinajstić information content (AvgIpc) is 2.53. The summed E-state index contributed by atoms with van der Waals surface area (Å²) in [6, 6.07) is 0. The maximum atomic E-state index is 5.62. The van der Waals surface area contributed by atoms with Gasteiger partial charge >= 0.3 is 0 Å². The third kappa shape index (κ3) is 0.744. The number of aromatic nitrogens is 4. The van der Waals surface area contributed by atoms with Crippen LogP contribution >= 0.6 is 0 Å². The number of nitrogens with zero attached hydrogens (tertiary/aromatic N) is 5. The molecule has 0 fully saturated rings. The largest absolute Gasteiger partial charge is 0.383 e. The predicted molar refractivity (Wildman–Crippen MR) is 45.5 cm³/mol. The highest BCUT2D eigenvalue weighted by molar-refractivity contribution is 5.42. The van der Waals surface area contributed by atoms with Crippen LogP contribution in [0.5, 0.6) is 0 Å². The van der Waals surface area contributed by atoms with Crippen molar-refractivity contribution in [1.29, 1.82) is 0 Å². The van der Waals surface area contributed by atoms with Crippen molar-refractivity contribution in [3.8, 4) is 0 Å². The summed E-state index contributed by atoms with van der Waals surface area (Å²) in [6.45, 7) is 0. The fourth-order valence-electron chi connectivity index (χ4n) is 1.06. The summed E-state index contributed by atoms with van der Waals surface area (Å²) in [7, 11) is 3.77. The van der Waals surface area contributed by atoms with Gasteiger partial charge in [0.05, 0.1) is 6.20 Å². The second kappa shape index (κ2) is 2.13. The van der Waals surface area contributed by atoms with Crippen LogP contribution in [0.3, 0.4) is 0 Å². The molecule has 0 bridgehead atoms. The van der Waals surface area contributed by atoms with Gasteiger partial charge in [-0.05, 0) is 0 Å². The van der Waals surface area contributed by atoms with E-state index in [1.165, 1.54) is 0 Å². The summed E-state index contributed by atoms with van der Waals surface area (Å²) in [6.07, 6.45) is 3.24. The highest BCUT2D eigenvalue weighted by Gasteiger charge is 2.06. The van der Waals surface area contributed by atoms with Crippen LogP contribution in [-0.2, 0) is 0 Å². The van der Waals surface area contributed by atoms with Crippen molar-refractivity contribution in [3.05, 3.63) is 12.5 Å². The van der Waals surface area contributed by atoms with E-state index in [1.54, 1.807) is 21.7 Å². The zero-order chi connectivity index (χ0) is 8.72. The van der Waals surface area contributed by atoms with Gasteiger partial charge in [0.15, 0.2) is 0 Å². The maximum Gasteiger partial charge on any atom is 0.253 e. The normalized spacial score (nSPS) is 10.8. The van der Waals surface area contributed by atoms with Crippen LogP contribution in [0.15, 0.2) is 12.5 Å². The Kier molecular flexibility index (Phi) is 1.24. The second-order valence-corrected chi connectivity index (χ2v) is 2.72. The van der Waals surface area contributed by atoms with Gasteiger partial charge in [-0.2, -0.15) is 0 Å². The molecule has 2 aromatic heterocycles. The summed E-state index contributed by atoms with van der Waals surface area (Å²) in [4.78, 5) is 5.76. The van der Waals surface area contributed by atoms with Crippen molar-refractivity contribution >= 4 is 11.6 Å². The van der Waals surface area contributed by atoms with E-state index in [9.17, 15) is 0 Å². The number of anilines is 1. The molecule has 0 amide bonds. The van der Waals surface area contributed by atoms with Gasteiger partial charge in [0, 0.05) is 14.1 Å². The van der Waals surface area contributed by atoms with Crippen LogP contribution in [0, 0.1) is 0 Å². The molecule has 0 aliphatic carbocycles. The number of nitrogens with two attached hydrogens (primary N) is 1. The first-order chi connectivity index (χ1) is 5.70. The summed E-state index contributed by atoms with van der Waals surface area (Å²) >= 11 is 0. The summed E-state index contributed by atoms with van der Waals surface area (Å²) in [5, 5.41) is 5.90. The van der Waals surface area contributed by atoms with Gasteiger partial charge in [-0.3, -0.25) is 9.41 Å². The molecule has 12 heavy (non-hydrogen) atoms. The highest BCUT2D eigenvalue weighted by atomic mass is 15.7. The Morgan fingerprint density at radius 1 is 1.50 bits per heavy atom. The van der Waals surface area contributed by atoms with E-state index in [2.05, 4.69) is 10.1 Å². The quantitative estimate of drug-likeness (QED) is 0.609. The number of nitrogen functional groups attached to an aromatic ring is 1. The van der Waals surface area contributed by atoms with Gasteiger partial charge in [0.1, 0.15) is 12.1 Å². The molecule has 0 saturated heterocycles. The number of fused-ring (bicyclic) bond motifs is 1. The van der Waals surface area contributed by atoms with Crippen LogP contribution in [-0.4, -0.2) is 33.4 Å². The Morgan fingerprint density at radius 3 is 2.92 bits per heavy atom. The molecule has 0 unspecified atom stereocenters. The molecule has 0 aromatic carbocycles. The topological polar surface area (TPSA) is 64.4 Å². The first-order valence-corrected chi connectivity index (χ1v) is 3.54. The molecule has 0 aliphatic heterocycles. The van der Waals surface area contributed by atoms with E-state index in [1.807, 2.05) is 19.1 Å². The van der Waals surface area contributed by atoms with E-state index < -0.39 is 0 Å². The first kappa shape index (κ1) is 6.96. The van der Waals surface area contributed by atoms with E-state index in [-0.39, 0.29) is 0 Å². The lowest BCUT2D eigenvalue weighted by Crippen LogP contribution is -2.26. The first-order valence-electron chi connectivity index (χ1n) is 3.54. The lowest BCUT2D eigenvalue weighted by Gasteiger charge is -2.10. The highest BCUT2D eigenvalue weighted by Crippen LogP contribution is 2.05. The van der Waals surface area contributed by atoms with E-state index in [0.717, 1.165) is 5.78 Å². The van der Waals surface area contributed by atoms with Crippen LogP contribution < -0.4 is 10.7 Å². The second-order valence-electron chi connectivity index (χ2n) is 2.72. The Hall–Kier alpha value is -1.72. The molecule has 2 rings (SSSR count). The van der Waals surface area contributed by atoms with Gasteiger partial charge in [0.25, 0.3) is 5.78 Å². The summed E-state index contributed by atoms with van der Waals surface area (Å²) in [5.74, 6) is 1.32. The molecular weight excluding hydrogens is 156 g/mol. The minimum Gasteiger partial charge on any atom is -0.383 e. The lowest BCUT2D eigenvalue weighted by molar-refractivity contribution is 0.654. The molecule has 0 atom stereocenters. The fourth-order valence-corrected chi connectivity index (χ4v) is 1.06. The smallest absolute Gasteiger partial charge is 0.253 e. The SMILES string of the molecule is CN(C)n1ncn2c(N)cnc12. The van der Waals surface area contributed by atoms with Gasteiger partial charge in [-0.1, -0.05) is 0 Å². The van der Waals surface area contributed by atoms with Gasteiger partial charge in [-0.25, -0.2) is 4.98 Å². The molecule has 2 heterocycles. The van der Waals surface area contributed by atoms with Crippen molar-refractivity contribution < 1.29 is 0 Å². The number of hydrogen-bond acceptors (Lipinski definition) is 4. The van der Waals surface area contributed by atoms with Crippen LogP contribution in [0.2, 0.25) is 0 Å². The van der Waals surface area contributed by atoms with Gasteiger partial charge < -0.3 is 5.73 Å². The van der Waals surface area contributed by atoms with Gasteiger partial charge in [0.2, 0.25) is 0 Å². The van der Waals surface area contributed by atoms with Crippen molar-refractivity contribution in [1.82, 2.24) is 19.3 Å². The summed E-state index contributed by atoms with van der Waals surface area (Å²) in [5.41, 5.74) is 5.62. The number of rotatable bonds is 1. The van der Waals surface area contributed by atoms with Crippen LogP contribution in [0.25, 0.3) is 5.78 Å². The zero-order valence-electron chi connectivity index (χ0n) is 6.97. The molecule has 2 N–H and O–H groups in total. The van der Waals surface area contributed by atoms with Crippen LogP contribution in [0.4, 0.5) is 5.82 Å². The third-order valence-corrected chi connectivity index (χ3v) is 1.64. The Bertz CT molecular complexity index is 397. The van der Waals surface area contributed by atoms with Crippen molar-refractivity contribution in [2.24, 2.45) is 0 Å². The lowest BCUT2D eigenvalue weighted by atomic mass is 10.8. The molecule has 64 valence electrons. The van der Waals surface area contributed by atoms with Crippen molar-refractivity contribution in [3.63, 3.8) is 0 Å². The van der Waals surface area contributed by atoms with Gasteiger partial charge in [-0.15, -0.1) is 9.89 Å². The minimum atomic E-state index is 0.595. The third-order valence-electron chi connectivity index (χ3n) is 1.64. The Labute approximate surface area is 69.2 Å². The standard InChI is InChI=1S/C6H10N6/c1-10(2)12-6-8-3-5(7)11(6)4-9-12/h3-4H,7H2,1-2H3. The molecule has 6 nitrogen and oxygen atoms in total. The number of hydrogen-bond donors (Lipinski definition) is 1. The fraction of sp³-hybridized carbons (Fsp3) is 0.333. The van der Waals surface area contributed by atoms with Crippen molar-refractivity contribution in [2.75, 3.05) is 24.8 Å². The minimum absolute atomic E-state index is 0.595.